The van der Waals surface area contributed by atoms with Gasteiger partial charge in [-0.25, -0.2) is 0 Å². The number of carbonyl (C=O) groups is 2. The van der Waals surface area contributed by atoms with E-state index in [1.165, 1.54) is 20.3 Å². The smallest absolute Gasteiger partial charge is 0.323 e. The number of rotatable bonds is 8. The van der Waals surface area contributed by atoms with Gasteiger partial charge in [-0.15, -0.1) is 13.1 Å². The molecule has 0 aliphatic rings. The summed E-state index contributed by atoms with van der Waals surface area (Å²) < 4.78 is 16.4. The fourth-order valence-corrected chi connectivity index (χ4v) is 1.57. The molecule has 0 saturated carbocycles. The lowest BCUT2D eigenvalue weighted by Crippen LogP contribution is -2.40. The van der Waals surface area contributed by atoms with Crippen LogP contribution in [0.4, 0.5) is 0 Å². The maximum atomic E-state index is 11.9. The first-order valence-corrected chi connectivity index (χ1v) is 5.55. The lowest BCUT2D eigenvalue weighted by molar-refractivity contribution is -0.168. The molecule has 0 aliphatic carbocycles. The van der Waals surface area contributed by atoms with Gasteiger partial charge in [0.1, 0.15) is 0 Å². The first-order valence-electron chi connectivity index (χ1n) is 6.13. The zero-order chi connectivity index (χ0) is 14.7. The van der Waals surface area contributed by atoms with Crippen molar-refractivity contribution in [2.45, 2.75) is 19.3 Å². The molecular formula is C14H20O4. The maximum Gasteiger partial charge on any atom is 0.323 e. The highest BCUT2D eigenvalue weighted by molar-refractivity contribution is 6.00. The summed E-state index contributed by atoms with van der Waals surface area (Å²) in [6.45, 7) is 4.61. The van der Waals surface area contributed by atoms with E-state index in [1.807, 2.05) is 0 Å². The molecule has 0 radical (unpaired) electrons. The van der Waals surface area contributed by atoms with E-state index in [1.54, 1.807) is 18.2 Å². The van der Waals surface area contributed by atoms with Crippen LogP contribution in [0.5, 0.6) is 0 Å². The second-order valence-corrected chi connectivity index (χ2v) is 3.71. The summed E-state index contributed by atoms with van der Waals surface area (Å²) in [5.74, 6) is -1.33. The van der Waals surface area contributed by atoms with Gasteiger partial charge in [0.25, 0.3) is 0 Å². The zero-order valence-electron chi connectivity index (χ0n) is 11.8. The summed E-state index contributed by atoms with van der Waals surface area (Å²) >= 11 is 0. The SMILES string of the molecule is [2H]C=CCC(C/C=C\CC=C)(C(=O)OC)C(=O)OC. The second kappa shape index (κ2) is 8.28. The lowest BCUT2D eigenvalue weighted by Gasteiger charge is -2.25. The third-order valence-corrected chi connectivity index (χ3v) is 2.55. The monoisotopic (exact) mass is 253 g/mol. The molecule has 0 rings (SSSR count). The Bertz CT molecular complexity index is 356. The molecule has 0 heterocycles. The molecule has 0 aromatic heterocycles. The zero-order valence-corrected chi connectivity index (χ0v) is 10.8. The van der Waals surface area contributed by atoms with Crippen molar-refractivity contribution in [3.8, 4) is 0 Å². The van der Waals surface area contributed by atoms with Crippen LogP contribution in [0.25, 0.3) is 0 Å². The molecule has 100 valence electrons. The third kappa shape index (κ3) is 3.87. The van der Waals surface area contributed by atoms with Gasteiger partial charge in [0.15, 0.2) is 5.41 Å². The highest BCUT2D eigenvalue weighted by Crippen LogP contribution is 2.31. The number of hydrogen-bond donors (Lipinski definition) is 0. The molecule has 0 aromatic carbocycles. The highest BCUT2D eigenvalue weighted by Gasteiger charge is 2.46. The van der Waals surface area contributed by atoms with E-state index in [4.69, 9.17) is 10.8 Å². The summed E-state index contributed by atoms with van der Waals surface area (Å²) in [5, 5.41) is 0. The van der Waals surface area contributed by atoms with E-state index in [0.717, 1.165) is 6.55 Å². The Morgan fingerprint density at radius 1 is 1.17 bits per heavy atom. The average Bonchev–Trinajstić information content (AvgIpc) is 2.45. The topological polar surface area (TPSA) is 52.6 Å². The first-order chi connectivity index (χ1) is 9.08. The van der Waals surface area contributed by atoms with Gasteiger partial charge in [-0.1, -0.05) is 24.3 Å². The number of esters is 2. The van der Waals surface area contributed by atoms with Crippen molar-refractivity contribution < 1.29 is 20.4 Å². The Morgan fingerprint density at radius 2 is 1.78 bits per heavy atom. The minimum absolute atomic E-state index is 0.0638. The van der Waals surface area contributed by atoms with Crippen molar-refractivity contribution in [3.05, 3.63) is 37.4 Å². The molecule has 0 aliphatic heterocycles. The molecule has 0 saturated heterocycles. The Hall–Kier alpha value is -1.84. The van der Waals surface area contributed by atoms with Gasteiger partial charge in [-0.3, -0.25) is 9.59 Å². The van der Waals surface area contributed by atoms with Crippen molar-refractivity contribution in [1.82, 2.24) is 0 Å². The summed E-state index contributed by atoms with van der Waals surface area (Å²) in [4.78, 5) is 23.9. The Balaban J connectivity index is 5.28. The molecule has 0 bridgehead atoms. The summed E-state index contributed by atoms with van der Waals surface area (Å²) in [6, 6.07) is 0. The van der Waals surface area contributed by atoms with Crippen LogP contribution in [0, 0.1) is 5.41 Å². The quantitative estimate of drug-likeness (QED) is 0.379. The number of allylic oxidation sites excluding steroid dienone is 4. The van der Waals surface area contributed by atoms with Crippen LogP contribution in [0.3, 0.4) is 0 Å². The average molecular weight is 253 g/mol. The predicted octanol–water partition coefficient (Wildman–Crippen LogP) is 2.42. The van der Waals surface area contributed by atoms with Gasteiger partial charge in [0.05, 0.1) is 15.6 Å². The fraction of sp³-hybridized carbons (Fsp3) is 0.429. The first kappa shape index (κ1) is 14.2. The van der Waals surface area contributed by atoms with Crippen molar-refractivity contribution >= 4 is 11.9 Å². The summed E-state index contributed by atoms with van der Waals surface area (Å²) in [7, 11) is 2.44. The minimum Gasteiger partial charge on any atom is -0.468 e. The third-order valence-electron chi connectivity index (χ3n) is 2.55. The molecule has 0 N–H and O–H groups in total. The van der Waals surface area contributed by atoms with E-state index in [9.17, 15) is 9.59 Å². The van der Waals surface area contributed by atoms with Gasteiger partial charge in [0, 0.05) is 0 Å². The molecule has 4 nitrogen and oxygen atoms in total. The van der Waals surface area contributed by atoms with E-state index in [-0.39, 0.29) is 12.8 Å². The Labute approximate surface area is 109 Å². The van der Waals surface area contributed by atoms with Crippen molar-refractivity contribution in [2.75, 3.05) is 14.2 Å². The van der Waals surface area contributed by atoms with Crippen LogP contribution in [-0.4, -0.2) is 26.2 Å². The van der Waals surface area contributed by atoms with Crippen LogP contribution >= 0.6 is 0 Å². The highest BCUT2D eigenvalue weighted by atomic mass is 16.5. The van der Waals surface area contributed by atoms with E-state index < -0.39 is 17.4 Å². The normalized spacial score (nSPS) is 12.4. The molecule has 0 spiro atoms. The van der Waals surface area contributed by atoms with Crippen molar-refractivity contribution in [2.24, 2.45) is 5.41 Å². The predicted molar refractivity (Wildman–Crippen MR) is 69.9 cm³/mol. The molecule has 4 heteroatoms. The van der Waals surface area contributed by atoms with E-state index in [2.05, 4.69) is 6.58 Å². The largest absolute Gasteiger partial charge is 0.468 e. The molecule has 0 atom stereocenters. The van der Waals surface area contributed by atoms with Gasteiger partial charge >= 0.3 is 11.9 Å². The number of ether oxygens (including phenoxy) is 2. The number of methoxy groups -OCH3 is 2. The Morgan fingerprint density at radius 3 is 2.22 bits per heavy atom. The fourth-order valence-electron chi connectivity index (χ4n) is 1.57. The van der Waals surface area contributed by atoms with Gasteiger partial charge in [-0.2, -0.15) is 0 Å². The maximum absolute atomic E-state index is 11.9. The molecular weight excluding hydrogens is 232 g/mol. The molecule has 0 aromatic rings. The van der Waals surface area contributed by atoms with Gasteiger partial charge in [-0.05, 0) is 19.3 Å². The van der Waals surface area contributed by atoms with Crippen LogP contribution < -0.4 is 0 Å². The standard InChI is InChI=1S/C14H20O4/c1-5-7-8-9-11-14(10-6-2,12(15)17-3)13(16)18-4/h5-6,8-9H,1-2,7,10-11H2,3-4H3/b9-8-/i2D/b6-2?,9-8-. The number of hydrogen-bond acceptors (Lipinski definition) is 4. The van der Waals surface area contributed by atoms with Crippen molar-refractivity contribution in [1.29, 1.82) is 0 Å². The summed E-state index contributed by atoms with van der Waals surface area (Å²) in [6.07, 6.45) is 7.52. The minimum atomic E-state index is -1.43. The number of carbonyl (C=O) groups excluding carboxylic acids is 2. The molecule has 0 fully saturated rings. The van der Waals surface area contributed by atoms with E-state index >= 15 is 0 Å². The van der Waals surface area contributed by atoms with Crippen LogP contribution in [0.15, 0.2) is 37.4 Å². The van der Waals surface area contributed by atoms with Crippen LogP contribution in [0.1, 0.15) is 20.6 Å². The van der Waals surface area contributed by atoms with E-state index in [0.29, 0.717) is 6.42 Å². The molecule has 18 heavy (non-hydrogen) atoms. The second-order valence-electron chi connectivity index (χ2n) is 3.71. The van der Waals surface area contributed by atoms with Crippen molar-refractivity contribution in [3.63, 3.8) is 0 Å². The van der Waals surface area contributed by atoms with Gasteiger partial charge < -0.3 is 9.47 Å². The van der Waals surface area contributed by atoms with Crippen LogP contribution in [0.2, 0.25) is 0 Å². The molecule has 0 unspecified atom stereocenters. The van der Waals surface area contributed by atoms with Crippen LogP contribution in [-0.2, 0) is 19.1 Å². The van der Waals surface area contributed by atoms with Gasteiger partial charge in [0.2, 0.25) is 0 Å². The lowest BCUT2D eigenvalue weighted by atomic mass is 9.81. The molecule has 0 amide bonds. The summed E-state index contributed by atoms with van der Waals surface area (Å²) in [5.41, 5.74) is -1.43. The Kier molecular flexibility index (Phi) is 6.54.